The van der Waals surface area contributed by atoms with Crippen LogP contribution in [0.3, 0.4) is 0 Å². The van der Waals surface area contributed by atoms with Crippen LogP contribution in [0.2, 0.25) is 0 Å². The Labute approximate surface area is 83.3 Å². The van der Waals surface area contributed by atoms with Crippen LogP contribution in [0.5, 0.6) is 0 Å². The first-order valence-corrected chi connectivity index (χ1v) is 5.11. The minimum absolute atomic E-state index is 0.346. The van der Waals surface area contributed by atoms with Gasteiger partial charge in [0.2, 0.25) is 0 Å². The molecular weight excluding hydrogens is 202 g/mol. The van der Waals surface area contributed by atoms with Gasteiger partial charge in [-0.25, -0.2) is 0 Å². The van der Waals surface area contributed by atoms with Crippen LogP contribution in [0, 0.1) is 0 Å². The van der Waals surface area contributed by atoms with Crippen LogP contribution in [-0.4, -0.2) is 14.3 Å². The van der Waals surface area contributed by atoms with Crippen LogP contribution < -0.4 is 0 Å². The molecule has 0 bridgehead atoms. The summed E-state index contributed by atoms with van der Waals surface area (Å²) >= 11 is 0. The largest absolute Gasteiger partial charge is 0.319 e. The van der Waals surface area contributed by atoms with Crippen molar-refractivity contribution in [2.45, 2.75) is 13.3 Å². The van der Waals surface area contributed by atoms with Crippen LogP contribution in [-0.2, 0) is 16.9 Å². The van der Waals surface area contributed by atoms with Gasteiger partial charge in [-0.1, -0.05) is 29.5 Å². The van der Waals surface area contributed by atoms with Crippen molar-refractivity contribution in [3.63, 3.8) is 0 Å². The van der Waals surface area contributed by atoms with E-state index < -0.39 is 16.4 Å². The zero-order valence-corrected chi connectivity index (χ0v) is 8.41. The lowest BCUT2D eigenvalue weighted by molar-refractivity contribution is 0.100. The Bertz CT molecular complexity index is 469. The highest BCUT2D eigenvalue weighted by atomic mass is 32.2. The summed E-state index contributed by atoms with van der Waals surface area (Å²) in [6.07, 6.45) is 0.670. The van der Waals surface area contributed by atoms with E-state index in [-0.39, 0.29) is 0 Å². The van der Waals surface area contributed by atoms with Gasteiger partial charge in [0, 0.05) is 5.56 Å². The number of carbonyl (C=O) groups excluding carboxylic acids is 1. The third kappa shape index (κ3) is 2.50. The summed E-state index contributed by atoms with van der Waals surface area (Å²) in [6.45, 7) is 1.89. The molecule has 0 atom stereocenters. The number of rotatable bonds is 2. The van der Waals surface area contributed by atoms with E-state index in [1.54, 1.807) is 24.3 Å². The van der Waals surface area contributed by atoms with E-state index in [2.05, 4.69) is 4.36 Å². The minimum atomic E-state index is -2.68. The topological polar surface area (TPSA) is 63.6 Å². The maximum atomic E-state index is 11.3. The standard InChI is InChI=1S/C9H9NO3S/c1-2-7-5-3-4-6-8(7)9(11)10-14(12)13/h3-6H,2H2,1H3. The molecule has 74 valence electrons. The third-order valence-corrected chi connectivity index (χ3v) is 2.10. The van der Waals surface area contributed by atoms with E-state index in [4.69, 9.17) is 0 Å². The fourth-order valence-corrected chi connectivity index (χ4v) is 1.39. The molecule has 0 saturated carbocycles. The molecule has 0 aromatic heterocycles. The third-order valence-electron chi connectivity index (χ3n) is 1.79. The number of nitrogens with zero attached hydrogens (tertiary/aromatic N) is 1. The molecule has 0 fully saturated rings. The second-order valence-corrected chi connectivity index (χ2v) is 3.24. The van der Waals surface area contributed by atoms with Crippen LogP contribution in [0.1, 0.15) is 22.8 Å². The van der Waals surface area contributed by atoms with Crippen LogP contribution in [0.15, 0.2) is 28.6 Å². The Hall–Kier alpha value is -1.49. The maximum Gasteiger partial charge on any atom is 0.319 e. The Kier molecular flexibility index (Phi) is 3.53. The molecule has 5 heteroatoms. The summed E-state index contributed by atoms with van der Waals surface area (Å²) in [7, 11) is -2.68. The maximum absolute atomic E-state index is 11.3. The summed E-state index contributed by atoms with van der Waals surface area (Å²) in [4.78, 5) is 11.3. The average molecular weight is 211 g/mol. The molecule has 0 spiro atoms. The zero-order chi connectivity index (χ0) is 10.6. The molecule has 0 aliphatic carbocycles. The van der Waals surface area contributed by atoms with Gasteiger partial charge in [-0.15, -0.1) is 0 Å². The second kappa shape index (κ2) is 4.66. The molecule has 1 aromatic rings. The van der Waals surface area contributed by atoms with Crippen molar-refractivity contribution in [2.75, 3.05) is 0 Å². The molecule has 14 heavy (non-hydrogen) atoms. The summed E-state index contributed by atoms with van der Waals surface area (Å²) in [5.41, 5.74) is 1.14. The van der Waals surface area contributed by atoms with Crippen molar-refractivity contribution < 1.29 is 13.2 Å². The average Bonchev–Trinajstić information content (AvgIpc) is 2.16. The van der Waals surface area contributed by atoms with Crippen molar-refractivity contribution in [1.82, 2.24) is 0 Å². The van der Waals surface area contributed by atoms with Gasteiger partial charge < -0.3 is 0 Å². The summed E-state index contributed by atoms with van der Waals surface area (Å²) in [5.74, 6) is -0.712. The summed E-state index contributed by atoms with van der Waals surface area (Å²) in [6, 6.07) is 6.81. The fourth-order valence-electron chi connectivity index (χ4n) is 1.15. The van der Waals surface area contributed by atoms with E-state index in [1.165, 1.54) is 0 Å². The van der Waals surface area contributed by atoms with Crippen molar-refractivity contribution in [3.05, 3.63) is 35.4 Å². The van der Waals surface area contributed by atoms with Crippen molar-refractivity contribution in [3.8, 4) is 0 Å². The van der Waals surface area contributed by atoms with E-state index >= 15 is 0 Å². The van der Waals surface area contributed by atoms with Gasteiger partial charge in [0.25, 0.3) is 5.91 Å². The number of benzene rings is 1. The summed E-state index contributed by atoms with van der Waals surface area (Å²) in [5, 5.41) is 0. The lowest BCUT2D eigenvalue weighted by atomic mass is 10.1. The van der Waals surface area contributed by atoms with Crippen molar-refractivity contribution in [1.29, 1.82) is 0 Å². The SMILES string of the molecule is CCc1ccccc1C(=O)N=S(=O)=O. The molecule has 0 N–H and O–H groups in total. The number of amides is 1. The van der Waals surface area contributed by atoms with Gasteiger partial charge in [0.05, 0.1) is 0 Å². The first kappa shape index (κ1) is 10.6. The molecule has 4 nitrogen and oxygen atoms in total. The van der Waals surface area contributed by atoms with Gasteiger partial charge in [-0.2, -0.15) is 8.42 Å². The van der Waals surface area contributed by atoms with E-state index in [1.807, 2.05) is 6.92 Å². The number of carbonyl (C=O) groups is 1. The Morgan fingerprint density at radius 2 is 2.00 bits per heavy atom. The monoisotopic (exact) mass is 211 g/mol. The fraction of sp³-hybridized carbons (Fsp3) is 0.222. The quantitative estimate of drug-likeness (QED) is 0.743. The van der Waals surface area contributed by atoms with Gasteiger partial charge in [-0.05, 0) is 18.1 Å². The molecule has 0 radical (unpaired) electrons. The van der Waals surface area contributed by atoms with Crippen LogP contribution in [0.4, 0.5) is 0 Å². The Balaban J connectivity index is 3.19. The van der Waals surface area contributed by atoms with Gasteiger partial charge >= 0.3 is 10.5 Å². The number of hydrogen-bond donors (Lipinski definition) is 0. The molecule has 0 heterocycles. The zero-order valence-electron chi connectivity index (χ0n) is 7.60. The van der Waals surface area contributed by atoms with Crippen molar-refractivity contribution >= 4 is 16.4 Å². The van der Waals surface area contributed by atoms with Gasteiger partial charge in [-0.3, -0.25) is 4.79 Å². The van der Waals surface area contributed by atoms with Crippen molar-refractivity contribution in [2.24, 2.45) is 4.36 Å². The molecule has 0 saturated heterocycles. The first-order valence-electron chi connectivity index (χ1n) is 4.08. The molecule has 0 aliphatic rings. The van der Waals surface area contributed by atoms with E-state index in [0.29, 0.717) is 12.0 Å². The summed E-state index contributed by atoms with van der Waals surface area (Å²) < 4.78 is 23.3. The predicted octanol–water partition coefficient (Wildman–Crippen LogP) is 1.45. The smallest absolute Gasteiger partial charge is 0.266 e. The molecule has 0 aliphatic heterocycles. The van der Waals surface area contributed by atoms with Crippen LogP contribution in [0.25, 0.3) is 0 Å². The van der Waals surface area contributed by atoms with E-state index in [9.17, 15) is 13.2 Å². The van der Waals surface area contributed by atoms with E-state index in [0.717, 1.165) is 5.56 Å². The number of aryl methyl sites for hydroxylation is 1. The van der Waals surface area contributed by atoms with Gasteiger partial charge in [0.15, 0.2) is 0 Å². The molecule has 1 aromatic carbocycles. The lowest BCUT2D eigenvalue weighted by Crippen LogP contribution is -1.99. The van der Waals surface area contributed by atoms with Crippen LogP contribution >= 0.6 is 0 Å². The normalized spacial score (nSPS) is 9.50. The minimum Gasteiger partial charge on any atom is -0.266 e. The molecular formula is C9H9NO3S. The second-order valence-electron chi connectivity index (χ2n) is 2.62. The molecule has 0 unspecified atom stereocenters. The first-order chi connectivity index (χ1) is 6.65. The molecule has 1 amide bonds. The lowest BCUT2D eigenvalue weighted by Gasteiger charge is -2.00. The number of hydrogen-bond acceptors (Lipinski definition) is 3. The highest BCUT2D eigenvalue weighted by Crippen LogP contribution is 2.10. The predicted molar refractivity (Wildman–Crippen MR) is 51.5 cm³/mol. The molecule has 1 rings (SSSR count). The Morgan fingerprint density at radius 3 is 2.57 bits per heavy atom. The van der Waals surface area contributed by atoms with Gasteiger partial charge in [0.1, 0.15) is 0 Å². The highest BCUT2D eigenvalue weighted by Gasteiger charge is 2.08. The highest BCUT2D eigenvalue weighted by molar-refractivity contribution is 7.62. The Morgan fingerprint density at radius 1 is 1.36 bits per heavy atom.